The summed E-state index contributed by atoms with van der Waals surface area (Å²) in [6.45, 7) is 1.26. The van der Waals surface area contributed by atoms with Crippen LogP contribution in [0.4, 0.5) is 5.69 Å². The van der Waals surface area contributed by atoms with Gasteiger partial charge in [0.2, 0.25) is 5.91 Å². The van der Waals surface area contributed by atoms with Gasteiger partial charge in [-0.1, -0.05) is 34.1 Å². The number of carbonyl (C=O) groups excluding carboxylic acids is 3. The summed E-state index contributed by atoms with van der Waals surface area (Å²) < 4.78 is 0.855. The molecule has 138 valence electrons. The fraction of sp³-hybridized carbons (Fsp3) is 0.167. The second-order valence-corrected chi connectivity index (χ2v) is 6.91. The number of benzene rings is 2. The van der Waals surface area contributed by atoms with Crippen LogP contribution in [0.1, 0.15) is 39.2 Å². The maximum Gasteiger partial charge on any atom is 0.282 e. The SMILES string of the molecule is CC(NC(=O)CN1C(=O)c2cccc([N+](=O)[O-])c2C1=O)c1cccc(Br)c1. The highest BCUT2D eigenvalue weighted by atomic mass is 79.9. The smallest absolute Gasteiger partial charge is 0.282 e. The largest absolute Gasteiger partial charge is 0.348 e. The molecule has 8 nitrogen and oxygen atoms in total. The molecule has 0 radical (unpaired) electrons. The Labute approximate surface area is 162 Å². The van der Waals surface area contributed by atoms with Crippen molar-refractivity contribution in [1.82, 2.24) is 10.2 Å². The van der Waals surface area contributed by atoms with Crippen molar-refractivity contribution in [2.75, 3.05) is 6.54 Å². The van der Waals surface area contributed by atoms with Crippen LogP contribution in [0.3, 0.4) is 0 Å². The van der Waals surface area contributed by atoms with Gasteiger partial charge in [0.1, 0.15) is 12.1 Å². The number of rotatable bonds is 5. The molecule has 1 N–H and O–H groups in total. The quantitative estimate of drug-likeness (QED) is 0.444. The lowest BCUT2D eigenvalue weighted by Crippen LogP contribution is -2.41. The van der Waals surface area contributed by atoms with E-state index in [9.17, 15) is 24.5 Å². The molecule has 0 saturated carbocycles. The zero-order valence-corrected chi connectivity index (χ0v) is 15.7. The van der Waals surface area contributed by atoms with Crippen molar-refractivity contribution in [3.05, 3.63) is 73.7 Å². The standard InChI is InChI=1S/C18H14BrN3O5/c1-10(11-4-2-5-12(19)8-11)20-15(23)9-21-17(24)13-6-3-7-14(22(26)27)16(13)18(21)25/h2-8,10H,9H2,1H3,(H,20,23). The molecule has 0 aliphatic carbocycles. The lowest BCUT2D eigenvalue weighted by molar-refractivity contribution is -0.385. The Morgan fingerprint density at radius 1 is 1.22 bits per heavy atom. The molecule has 1 aliphatic heterocycles. The molecule has 1 atom stereocenters. The number of fused-ring (bicyclic) bond motifs is 1. The van der Waals surface area contributed by atoms with Gasteiger partial charge < -0.3 is 5.32 Å². The Kier molecular flexibility index (Phi) is 5.04. The zero-order chi connectivity index (χ0) is 19.7. The van der Waals surface area contributed by atoms with Gasteiger partial charge in [-0.3, -0.25) is 29.4 Å². The van der Waals surface area contributed by atoms with Crippen LogP contribution in [0, 0.1) is 10.1 Å². The Morgan fingerprint density at radius 3 is 2.59 bits per heavy atom. The highest BCUT2D eigenvalue weighted by Gasteiger charge is 2.41. The Balaban J connectivity index is 1.75. The highest BCUT2D eigenvalue weighted by molar-refractivity contribution is 9.10. The van der Waals surface area contributed by atoms with Crippen LogP contribution < -0.4 is 5.32 Å². The predicted octanol–water partition coefficient (Wildman–Crippen LogP) is 2.83. The first kappa shape index (κ1) is 18.7. The van der Waals surface area contributed by atoms with Crippen molar-refractivity contribution in [1.29, 1.82) is 0 Å². The maximum absolute atomic E-state index is 12.5. The molecule has 0 bridgehead atoms. The number of nitro benzene ring substituents is 1. The molecular weight excluding hydrogens is 418 g/mol. The van der Waals surface area contributed by atoms with Gasteiger partial charge in [0.25, 0.3) is 17.5 Å². The summed E-state index contributed by atoms with van der Waals surface area (Å²) in [5.74, 6) is -2.10. The Bertz CT molecular complexity index is 975. The number of imide groups is 1. The molecule has 0 spiro atoms. The van der Waals surface area contributed by atoms with Gasteiger partial charge in [-0.25, -0.2) is 0 Å². The van der Waals surface area contributed by atoms with Crippen LogP contribution in [-0.2, 0) is 4.79 Å². The van der Waals surface area contributed by atoms with Crippen LogP contribution in [0.15, 0.2) is 46.9 Å². The lowest BCUT2D eigenvalue weighted by atomic mass is 10.1. The molecule has 9 heteroatoms. The fourth-order valence-corrected chi connectivity index (χ4v) is 3.32. The number of hydrogen-bond acceptors (Lipinski definition) is 5. The first-order valence-electron chi connectivity index (χ1n) is 7.98. The number of nitrogens with zero attached hydrogens (tertiary/aromatic N) is 2. The molecule has 0 aromatic heterocycles. The van der Waals surface area contributed by atoms with Gasteiger partial charge in [-0.15, -0.1) is 0 Å². The topological polar surface area (TPSA) is 110 Å². The molecule has 1 unspecified atom stereocenters. The summed E-state index contributed by atoms with van der Waals surface area (Å²) >= 11 is 3.35. The summed E-state index contributed by atoms with van der Waals surface area (Å²) in [6.07, 6.45) is 0. The van der Waals surface area contributed by atoms with Crippen LogP contribution in [0.25, 0.3) is 0 Å². The third kappa shape index (κ3) is 3.59. The van der Waals surface area contributed by atoms with Crippen LogP contribution >= 0.6 is 15.9 Å². The summed E-state index contributed by atoms with van der Waals surface area (Å²) in [5, 5.41) is 13.8. The minimum atomic E-state index is -0.840. The zero-order valence-electron chi connectivity index (χ0n) is 14.1. The van der Waals surface area contributed by atoms with Gasteiger partial charge >= 0.3 is 0 Å². The lowest BCUT2D eigenvalue weighted by Gasteiger charge is -2.18. The normalized spacial score (nSPS) is 14.1. The van der Waals surface area contributed by atoms with E-state index in [0.717, 1.165) is 21.0 Å². The average molecular weight is 432 g/mol. The number of halogens is 1. The van der Waals surface area contributed by atoms with Gasteiger partial charge in [0.05, 0.1) is 16.5 Å². The second kappa shape index (κ2) is 7.28. The summed E-state index contributed by atoms with van der Waals surface area (Å²) in [7, 11) is 0. The first-order valence-corrected chi connectivity index (χ1v) is 8.77. The first-order chi connectivity index (χ1) is 12.8. The molecule has 3 rings (SSSR count). The minimum Gasteiger partial charge on any atom is -0.348 e. The molecule has 3 amide bonds. The van der Waals surface area contributed by atoms with E-state index < -0.39 is 34.9 Å². The Morgan fingerprint density at radius 2 is 1.93 bits per heavy atom. The predicted molar refractivity (Wildman–Crippen MR) is 99.2 cm³/mol. The number of amides is 3. The van der Waals surface area contributed by atoms with Crippen LogP contribution in [0.2, 0.25) is 0 Å². The molecule has 0 saturated heterocycles. The number of nitro groups is 1. The minimum absolute atomic E-state index is 0.0676. The third-order valence-electron chi connectivity index (χ3n) is 4.20. The molecule has 2 aromatic carbocycles. The monoisotopic (exact) mass is 431 g/mol. The summed E-state index contributed by atoms with van der Waals surface area (Å²) in [4.78, 5) is 48.3. The highest BCUT2D eigenvalue weighted by Crippen LogP contribution is 2.30. The average Bonchev–Trinajstić information content (AvgIpc) is 2.86. The third-order valence-corrected chi connectivity index (χ3v) is 4.69. The van der Waals surface area contributed by atoms with E-state index in [4.69, 9.17) is 0 Å². The molecular formula is C18H14BrN3O5. The van der Waals surface area contributed by atoms with E-state index in [1.54, 1.807) is 6.92 Å². The molecule has 1 aliphatic rings. The van der Waals surface area contributed by atoms with E-state index in [2.05, 4.69) is 21.2 Å². The van der Waals surface area contributed by atoms with Crippen molar-refractivity contribution in [2.45, 2.75) is 13.0 Å². The number of hydrogen-bond donors (Lipinski definition) is 1. The van der Waals surface area contributed by atoms with Crippen molar-refractivity contribution in [2.24, 2.45) is 0 Å². The van der Waals surface area contributed by atoms with Crippen molar-refractivity contribution in [3.63, 3.8) is 0 Å². The molecule has 1 heterocycles. The van der Waals surface area contributed by atoms with Crippen molar-refractivity contribution in [3.8, 4) is 0 Å². The van der Waals surface area contributed by atoms with E-state index >= 15 is 0 Å². The summed E-state index contributed by atoms with van der Waals surface area (Å²) in [6, 6.07) is 10.8. The van der Waals surface area contributed by atoms with Crippen LogP contribution in [0.5, 0.6) is 0 Å². The second-order valence-electron chi connectivity index (χ2n) is 6.00. The molecule has 2 aromatic rings. The van der Waals surface area contributed by atoms with E-state index in [1.165, 1.54) is 12.1 Å². The number of carbonyl (C=O) groups is 3. The van der Waals surface area contributed by atoms with Gasteiger partial charge in [-0.05, 0) is 30.7 Å². The van der Waals surface area contributed by atoms with Gasteiger partial charge in [0, 0.05) is 10.5 Å². The Hall–Kier alpha value is -3.07. The number of nitrogens with one attached hydrogen (secondary N) is 1. The van der Waals surface area contributed by atoms with E-state index in [0.29, 0.717) is 0 Å². The van der Waals surface area contributed by atoms with E-state index in [-0.39, 0.29) is 17.2 Å². The van der Waals surface area contributed by atoms with Crippen molar-refractivity contribution >= 4 is 39.3 Å². The fourth-order valence-electron chi connectivity index (χ4n) is 2.90. The van der Waals surface area contributed by atoms with Crippen molar-refractivity contribution < 1.29 is 19.3 Å². The molecule has 0 fully saturated rings. The van der Waals surface area contributed by atoms with Crippen LogP contribution in [-0.4, -0.2) is 34.1 Å². The molecule has 27 heavy (non-hydrogen) atoms. The maximum atomic E-state index is 12.5. The van der Waals surface area contributed by atoms with E-state index in [1.807, 2.05) is 24.3 Å². The van der Waals surface area contributed by atoms with Gasteiger partial charge in [-0.2, -0.15) is 0 Å². The summed E-state index contributed by atoms with van der Waals surface area (Å²) in [5.41, 5.74) is 0.0503. The van der Waals surface area contributed by atoms with Gasteiger partial charge in [0.15, 0.2) is 0 Å².